The molecule has 0 spiro atoms. The predicted octanol–water partition coefficient (Wildman–Crippen LogP) is 1.71. The van der Waals surface area contributed by atoms with Gasteiger partial charge in [-0.05, 0) is 25.0 Å². The van der Waals surface area contributed by atoms with Gasteiger partial charge < -0.3 is 4.98 Å². The van der Waals surface area contributed by atoms with Crippen LogP contribution in [-0.2, 0) is 0 Å². The topological polar surface area (TPSA) is 58.6 Å². The number of aromatic nitrogens is 3. The predicted molar refractivity (Wildman–Crippen MR) is 60.1 cm³/mol. The first-order valence-corrected chi connectivity index (χ1v) is 5.35. The van der Waals surface area contributed by atoms with Gasteiger partial charge in [0.15, 0.2) is 0 Å². The fraction of sp³-hybridized carbons (Fsp3) is 0.250. The van der Waals surface area contributed by atoms with Crippen LogP contribution in [0.25, 0.3) is 11.4 Å². The maximum atomic E-state index is 11.5. The number of rotatable bonds is 2. The van der Waals surface area contributed by atoms with Crippen molar-refractivity contribution in [3.05, 3.63) is 46.6 Å². The number of nitrogens with one attached hydrogen (secondary N) is 1. The molecule has 4 heteroatoms. The van der Waals surface area contributed by atoms with Gasteiger partial charge in [0, 0.05) is 18.2 Å². The van der Waals surface area contributed by atoms with Crippen LogP contribution >= 0.6 is 0 Å². The average Bonchev–Trinajstić information content (AvgIpc) is 3.13. The molecular weight excluding hydrogens is 202 g/mol. The lowest BCUT2D eigenvalue weighted by molar-refractivity contribution is 0.910. The minimum atomic E-state index is -0.0995. The second kappa shape index (κ2) is 3.56. The van der Waals surface area contributed by atoms with Gasteiger partial charge in [0.2, 0.25) is 0 Å². The van der Waals surface area contributed by atoms with E-state index >= 15 is 0 Å². The molecular formula is C12H11N3O. The molecule has 0 aromatic carbocycles. The summed E-state index contributed by atoms with van der Waals surface area (Å²) in [6, 6.07) is 7.09. The minimum Gasteiger partial charge on any atom is -0.310 e. The van der Waals surface area contributed by atoms with Gasteiger partial charge in [-0.1, -0.05) is 6.07 Å². The highest BCUT2D eigenvalue weighted by Crippen LogP contribution is 2.37. The van der Waals surface area contributed by atoms with E-state index in [-0.39, 0.29) is 5.56 Å². The van der Waals surface area contributed by atoms with Crippen LogP contribution in [-0.4, -0.2) is 15.0 Å². The second-order valence-electron chi connectivity index (χ2n) is 4.01. The summed E-state index contributed by atoms with van der Waals surface area (Å²) in [6.45, 7) is 0. The Balaban J connectivity index is 2.10. The van der Waals surface area contributed by atoms with Crippen molar-refractivity contribution in [2.75, 3.05) is 0 Å². The summed E-state index contributed by atoms with van der Waals surface area (Å²) < 4.78 is 0. The van der Waals surface area contributed by atoms with E-state index in [1.165, 1.54) is 6.07 Å². The Labute approximate surface area is 92.4 Å². The molecule has 1 aliphatic rings. The molecule has 0 amide bonds. The van der Waals surface area contributed by atoms with E-state index < -0.39 is 0 Å². The van der Waals surface area contributed by atoms with Gasteiger partial charge in [-0.15, -0.1) is 0 Å². The van der Waals surface area contributed by atoms with Crippen molar-refractivity contribution < 1.29 is 0 Å². The Morgan fingerprint density at radius 2 is 2.12 bits per heavy atom. The van der Waals surface area contributed by atoms with Crippen molar-refractivity contribution in [1.29, 1.82) is 0 Å². The van der Waals surface area contributed by atoms with Crippen molar-refractivity contribution in [2.24, 2.45) is 0 Å². The van der Waals surface area contributed by atoms with Gasteiger partial charge in [-0.3, -0.25) is 9.78 Å². The maximum Gasteiger partial charge on any atom is 0.251 e. The standard InChI is InChI=1S/C12H11N3O/c16-11-7-10(9-3-1-2-6-13-9)14-12(15-11)8-4-5-8/h1-3,6-8H,4-5H2,(H,14,15,16). The largest absolute Gasteiger partial charge is 0.310 e. The molecule has 0 radical (unpaired) electrons. The first-order chi connectivity index (χ1) is 7.83. The van der Waals surface area contributed by atoms with Crippen LogP contribution < -0.4 is 5.56 Å². The summed E-state index contributed by atoms with van der Waals surface area (Å²) in [5, 5.41) is 0. The first kappa shape index (κ1) is 9.27. The maximum absolute atomic E-state index is 11.5. The van der Waals surface area contributed by atoms with E-state index in [0.717, 1.165) is 24.4 Å². The van der Waals surface area contributed by atoms with Crippen LogP contribution in [0.3, 0.4) is 0 Å². The van der Waals surface area contributed by atoms with Crippen molar-refractivity contribution in [3.8, 4) is 11.4 Å². The number of pyridine rings is 1. The van der Waals surface area contributed by atoms with Gasteiger partial charge in [-0.2, -0.15) is 0 Å². The molecule has 0 bridgehead atoms. The number of aromatic amines is 1. The first-order valence-electron chi connectivity index (χ1n) is 5.35. The monoisotopic (exact) mass is 213 g/mol. The van der Waals surface area contributed by atoms with Crippen LogP contribution in [0.1, 0.15) is 24.6 Å². The Hall–Kier alpha value is -1.97. The van der Waals surface area contributed by atoms with Gasteiger partial charge >= 0.3 is 0 Å². The number of hydrogen-bond acceptors (Lipinski definition) is 3. The quantitative estimate of drug-likeness (QED) is 0.826. The second-order valence-corrected chi connectivity index (χ2v) is 4.01. The zero-order chi connectivity index (χ0) is 11.0. The lowest BCUT2D eigenvalue weighted by Crippen LogP contribution is -2.10. The van der Waals surface area contributed by atoms with Crippen LogP contribution in [0, 0.1) is 0 Å². The Bertz CT molecular complexity index is 558. The van der Waals surface area contributed by atoms with Crippen molar-refractivity contribution in [3.63, 3.8) is 0 Å². The fourth-order valence-corrected chi connectivity index (χ4v) is 1.67. The molecule has 4 nitrogen and oxygen atoms in total. The number of H-pyrrole nitrogens is 1. The van der Waals surface area contributed by atoms with E-state index in [4.69, 9.17) is 0 Å². The fourth-order valence-electron chi connectivity index (χ4n) is 1.67. The highest BCUT2D eigenvalue weighted by atomic mass is 16.1. The minimum absolute atomic E-state index is 0.0995. The number of hydrogen-bond donors (Lipinski definition) is 1. The van der Waals surface area contributed by atoms with E-state index in [1.54, 1.807) is 6.20 Å². The molecule has 1 N–H and O–H groups in total. The third-order valence-corrected chi connectivity index (χ3v) is 2.65. The van der Waals surface area contributed by atoms with Crippen LogP contribution in [0.15, 0.2) is 35.3 Å². The van der Waals surface area contributed by atoms with Crippen LogP contribution in [0.4, 0.5) is 0 Å². The normalized spacial score (nSPS) is 15.0. The molecule has 16 heavy (non-hydrogen) atoms. The molecule has 2 aromatic heterocycles. The lowest BCUT2D eigenvalue weighted by Gasteiger charge is -2.02. The van der Waals surface area contributed by atoms with Crippen molar-refractivity contribution in [2.45, 2.75) is 18.8 Å². The molecule has 0 atom stereocenters. The van der Waals surface area contributed by atoms with Crippen molar-refractivity contribution in [1.82, 2.24) is 15.0 Å². The van der Waals surface area contributed by atoms with Gasteiger partial charge in [0.1, 0.15) is 5.82 Å². The number of nitrogens with zero attached hydrogens (tertiary/aromatic N) is 2. The summed E-state index contributed by atoms with van der Waals surface area (Å²) >= 11 is 0. The molecule has 80 valence electrons. The SMILES string of the molecule is O=c1cc(-c2ccccn2)nc(C2CC2)[nH]1. The molecule has 0 saturated heterocycles. The zero-order valence-electron chi connectivity index (χ0n) is 8.68. The average molecular weight is 213 g/mol. The summed E-state index contributed by atoms with van der Waals surface area (Å²) in [7, 11) is 0. The molecule has 0 aliphatic heterocycles. The van der Waals surface area contributed by atoms with Gasteiger partial charge in [0.05, 0.1) is 11.4 Å². The molecule has 2 aromatic rings. The highest BCUT2D eigenvalue weighted by molar-refractivity contribution is 5.52. The smallest absolute Gasteiger partial charge is 0.251 e. The lowest BCUT2D eigenvalue weighted by atomic mass is 10.2. The molecule has 0 unspecified atom stereocenters. The van der Waals surface area contributed by atoms with Crippen molar-refractivity contribution >= 4 is 0 Å². The van der Waals surface area contributed by atoms with Gasteiger partial charge in [-0.25, -0.2) is 4.98 Å². The van der Waals surface area contributed by atoms with Crippen LogP contribution in [0.5, 0.6) is 0 Å². The zero-order valence-corrected chi connectivity index (χ0v) is 8.68. The third kappa shape index (κ3) is 1.74. The van der Waals surface area contributed by atoms with Gasteiger partial charge in [0.25, 0.3) is 5.56 Å². The molecule has 1 saturated carbocycles. The van der Waals surface area contributed by atoms with Crippen LogP contribution in [0.2, 0.25) is 0 Å². The van der Waals surface area contributed by atoms with E-state index in [9.17, 15) is 4.79 Å². The van der Waals surface area contributed by atoms with E-state index in [2.05, 4.69) is 15.0 Å². The Morgan fingerprint density at radius 1 is 1.25 bits per heavy atom. The Kier molecular flexibility index (Phi) is 2.06. The Morgan fingerprint density at radius 3 is 2.81 bits per heavy atom. The van der Waals surface area contributed by atoms with E-state index in [0.29, 0.717) is 11.6 Å². The third-order valence-electron chi connectivity index (χ3n) is 2.65. The molecule has 1 aliphatic carbocycles. The molecule has 1 fully saturated rings. The summed E-state index contributed by atoms with van der Waals surface area (Å²) in [4.78, 5) is 22.9. The molecule has 3 rings (SSSR count). The molecule has 2 heterocycles. The summed E-state index contributed by atoms with van der Waals surface area (Å²) in [6.07, 6.45) is 3.94. The summed E-state index contributed by atoms with van der Waals surface area (Å²) in [5.74, 6) is 1.24. The summed E-state index contributed by atoms with van der Waals surface area (Å²) in [5.41, 5.74) is 1.30. The van der Waals surface area contributed by atoms with E-state index in [1.807, 2.05) is 18.2 Å². The highest BCUT2D eigenvalue weighted by Gasteiger charge is 2.26.